The molecule has 0 radical (unpaired) electrons. The number of benzene rings is 2. The van der Waals surface area contributed by atoms with Gasteiger partial charge in [0.2, 0.25) is 0 Å². The third kappa shape index (κ3) is 2.46. The lowest BCUT2D eigenvalue weighted by atomic mass is 9.93. The summed E-state index contributed by atoms with van der Waals surface area (Å²) in [7, 11) is 0. The molecular formula is C18H22IN. The molecule has 0 aliphatic rings. The van der Waals surface area contributed by atoms with Crippen molar-refractivity contribution in [3.05, 3.63) is 57.6 Å². The fourth-order valence-corrected chi connectivity index (χ4v) is 3.94. The van der Waals surface area contributed by atoms with E-state index in [4.69, 9.17) is 0 Å². The smallest absolute Gasteiger partial charge is 0.0646 e. The molecule has 0 saturated carbocycles. The molecule has 2 rings (SSSR count). The Bertz CT molecular complexity index is 630. The Morgan fingerprint density at radius 1 is 0.700 bits per heavy atom. The maximum atomic E-state index is 2.43. The first-order valence-electron chi connectivity index (χ1n) is 6.94. The summed E-state index contributed by atoms with van der Waals surface area (Å²) in [5.41, 5.74) is 10.9. The second kappa shape index (κ2) is 5.76. The molecule has 0 atom stereocenters. The lowest BCUT2D eigenvalue weighted by Gasteiger charge is -2.26. The molecule has 0 amide bonds. The van der Waals surface area contributed by atoms with Crippen LogP contribution in [0.1, 0.15) is 33.4 Å². The zero-order valence-corrected chi connectivity index (χ0v) is 15.3. The van der Waals surface area contributed by atoms with Gasteiger partial charge in [-0.1, -0.05) is 18.2 Å². The van der Waals surface area contributed by atoms with Crippen molar-refractivity contribution in [2.75, 3.05) is 3.11 Å². The standard InChI is InChI=1S/C18H22IN/c1-11-9-7-8-10-17(11)20(19)18-15(5)13(3)12(2)14(4)16(18)6/h7-10H,1-6H3. The summed E-state index contributed by atoms with van der Waals surface area (Å²) >= 11 is 2.43. The third-order valence-electron chi connectivity index (χ3n) is 4.48. The second-order valence-electron chi connectivity index (χ2n) is 5.54. The summed E-state index contributed by atoms with van der Waals surface area (Å²) in [5.74, 6) is 0. The maximum absolute atomic E-state index is 2.43. The average Bonchev–Trinajstić information content (AvgIpc) is 2.43. The highest BCUT2D eigenvalue weighted by Gasteiger charge is 2.18. The maximum Gasteiger partial charge on any atom is 0.0646 e. The van der Waals surface area contributed by atoms with Gasteiger partial charge in [-0.25, -0.2) is 0 Å². The van der Waals surface area contributed by atoms with Crippen molar-refractivity contribution in [2.45, 2.75) is 41.5 Å². The van der Waals surface area contributed by atoms with E-state index >= 15 is 0 Å². The highest BCUT2D eigenvalue weighted by molar-refractivity contribution is 14.1. The fraction of sp³-hybridized carbons (Fsp3) is 0.333. The van der Waals surface area contributed by atoms with Crippen molar-refractivity contribution in [3.63, 3.8) is 0 Å². The van der Waals surface area contributed by atoms with E-state index in [1.165, 1.54) is 44.8 Å². The first-order chi connectivity index (χ1) is 9.36. The topological polar surface area (TPSA) is 3.24 Å². The normalized spacial score (nSPS) is 10.8. The molecule has 0 aromatic heterocycles. The molecule has 2 heteroatoms. The van der Waals surface area contributed by atoms with E-state index in [1.807, 2.05) is 0 Å². The number of nitrogens with zero attached hydrogens (tertiary/aromatic N) is 1. The van der Waals surface area contributed by atoms with Crippen LogP contribution < -0.4 is 3.11 Å². The number of hydrogen-bond donors (Lipinski definition) is 0. The van der Waals surface area contributed by atoms with Crippen molar-refractivity contribution in [2.24, 2.45) is 0 Å². The van der Waals surface area contributed by atoms with Crippen LogP contribution in [-0.4, -0.2) is 0 Å². The largest absolute Gasteiger partial charge is 0.282 e. The van der Waals surface area contributed by atoms with Crippen LogP contribution in [0, 0.1) is 41.5 Å². The SMILES string of the molecule is Cc1ccccc1N(I)c1c(C)c(C)c(C)c(C)c1C. The van der Waals surface area contributed by atoms with Gasteiger partial charge in [-0.2, -0.15) is 0 Å². The van der Waals surface area contributed by atoms with Crippen LogP contribution in [0.2, 0.25) is 0 Å². The Hall–Kier alpha value is -1.03. The first kappa shape index (κ1) is 15.4. The quantitative estimate of drug-likeness (QED) is 0.455. The number of hydrogen-bond acceptors (Lipinski definition) is 1. The van der Waals surface area contributed by atoms with Crippen LogP contribution in [0.5, 0.6) is 0 Å². The van der Waals surface area contributed by atoms with Crippen LogP contribution in [0.15, 0.2) is 24.3 Å². The molecule has 1 nitrogen and oxygen atoms in total. The van der Waals surface area contributed by atoms with Crippen LogP contribution in [-0.2, 0) is 0 Å². The molecule has 0 N–H and O–H groups in total. The van der Waals surface area contributed by atoms with Crippen LogP contribution >= 0.6 is 22.9 Å². The van der Waals surface area contributed by atoms with Gasteiger partial charge >= 0.3 is 0 Å². The van der Waals surface area contributed by atoms with E-state index in [1.54, 1.807) is 0 Å². The molecule has 0 saturated heterocycles. The average molecular weight is 379 g/mol. The van der Waals surface area contributed by atoms with Crippen molar-refractivity contribution in [1.29, 1.82) is 0 Å². The van der Waals surface area contributed by atoms with E-state index in [-0.39, 0.29) is 0 Å². The molecule has 0 aliphatic heterocycles. The lowest BCUT2D eigenvalue weighted by molar-refractivity contribution is 1.16. The molecule has 106 valence electrons. The Balaban J connectivity index is 2.68. The van der Waals surface area contributed by atoms with E-state index in [0.29, 0.717) is 0 Å². The fourth-order valence-electron chi connectivity index (χ4n) is 2.68. The predicted octanol–water partition coefficient (Wildman–Crippen LogP) is 6.03. The second-order valence-corrected chi connectivity index (χ2v) is 6.51. The van der Waals surface area contributed by atoms with E-state index in [0.717, 1.165) is 0 Å². The number of aryl methyl sites for hydroxylation is 1. The Labute approximate surface area is 136 Å². The number of anilines is 2. The van der Waals surface area contributed by atoms with Crippen LogP contribution in [0.3, 0.4) is 0 Å². The van der Waals surface area contributed by atoms with Crippen LogP contribution in [0.25, 0.3) is 0 Å². The van der Waals surface area contributed by atoms with Crippen molar-refractivity contribution < 1.29 is 0 Å². The van der Waals surface area contributed by atoms with Crippen molar-refractivity contribution in [3.8, 4) is 0 Å². The monoisotopic (exact) mass is 379 g/mol. The van der Waals surface area contributed by atoms with Gasteiger partial charge in [0, 0.05) is 0 Å². The minimum atomic E-state index is 1.27. The summed E-state index contributed by atoms with van der Waals surface area (Å²) in [6.45, 7) is 13.3. The zero-order chi connectivity index (χ0) is 15.0. The number of para-hydroxylation sites is 1. The highest BCUT2D eigenvalue weighted by atomic mass is 127. The summed E-state index contributed by atoms with van der Waals surface area (Å²) < 4.78 is 2.30. The van der Waals surface area contributed by atoms with Gasteiger partial charge < -0.3 is 0 Å². The van der Waals surface area contributed by atoms with E-state index in [9.17, 15) is 0 Å². The van der Waals surface area contributed by atoms with Crippen molar-refractivity contribution >= 4 is 34.2 Å². The minimum absolute atomic E-state index is 1.27. The zero-order valence-electron chi connectivity index (χ0n) is 13.1. The minimum Gasteiger partial charge on any atom is -0.282 e. The molecule has 2 aromatic rings. The lowest BCUT2D eigenvalue weighted by Crippen LogP contribution is -2.09. The Morgan fingerprint density at radius 3 is 1.65 bits per heavy atom. The summed E-state index contributed by atoms with van der Waals surface area (Å²) in [4.78, 5) is 0. The molecule has 0 aliphatic carbocycles. The van der Waals surface area contributed by atoms with Gasteiger partial charge in [0.1, 0.15) is 0 Å². The molecule has 2 aromatic carbocycles. The van der Waals surface area contributed by atoms with Gasteiger partial charge in [-0.15, -0.1) is 0 Å². The van der Waals surface area contributed by atoms with Gasteiger partial charge in [0.05, 0.1) is 34.2 Å². The van der Waals surface area contributed by atoms with Gasteiger partial charge in [0.25, 0.3) is 0 Å². The van der Waals surface area contributed by atoms with Crippen LogP contribution in [0.4, 0.5) is 11.4 Å². The molecule has 0 fully saturated rings. The summed E-state index contributed by atoms with van der Waals surface area (Å²) in [5, 5.41) is 0. The molecule has 0 unspecified atom stereocenters. The van der Waals surface area contributed by atoms with Gasteiger partial charge in [-0.3, -0.25) is 3.11 Å². The summed E-state index contributed by atoms with van der Waals surface area (Å²) in [6.07, 6.45) is 0. The third-order valence-corrected chi connectivity index (χ3v) is 5.49. The summed E-state index contributed by atoms with van der Waals surface area (Å²) in [6, 6.07) is 8.55. The molecular weight excluding hydrogens is 357 g/mol. The van der Waals surface area contributed by atoms with Gasteiger partial charge in [-0.05, 0) is 81.0 Å². The van der Waals surface area contributed by atoms with Crippen molar-refractivity contribution in [1.82, 2.24) is 0 Å². The van der Waals surface area contributed by atoms with Gasteiger partial charge in [0.15, 0.2) is 0 Å². The highest BCUT2D eigenvalue weighted by Crippen LogP contribution is 2.40. The molecule has 0 bridgehead atoms. The van der Waals surface area contributed by atoms with E-state index < -0.39 is 0 Å². The first-order valence-corrected chi connectivity index (χ1v) is 7.91. The number of halogens is 1. The predicted molar refractivity (Wildman–Crippen MR) is 97.5 cm³/mol. The molecule has 0 spiro atoms. The number of rotatable bonds is 2. The van der Waals surface area contributed by atoms with E-state index in [2.05, 4.69) is 91.8 Å². The molecule has 20 heavy (non-hydrogen) atoms. The molecule has 0 heterocycles. The Morgan fingerprint density at radius 2 is 1.15 bits per heavy atom. The Kier molecular flexibility index (Phi) is 4.43.